The maximum absolute atomic E-state index is 13.7. The Bertz CT molecular complexity index is 1190. The summed E-state index contributed by atoms with van der Waals surface area (Å²) in [6.45, 7) is 3.07. The SMILES string of the molecule is Cc1ccc(N2C(=O)C[C@@H](C(=O)N3CCC(C(=O)Nc4ccccc4)CC3)[C@H]2c2cccs2)cc1. The number of carbonyl (C=O) groups excluding carboxylic acids is 3. The van der Waals surface area contributed by atoms with Crippen LogP contribution < -0.4 is 10.2 Å². The molecule has 3 heterocycles. The lowest BCUT2D eigenvalue weighted by atomic mass is 9.92. The van der Waals surface area contributed by atoms with Crippen molar-refractivity contribution in [1.82, 2.24) is 4.90 Å². The van der Waals surface area contributed by atoms with Gasteiger partial charge in [0.15, 0.2) is 0 Å². The summed E-state index contributed by atoms with van der Waals surface area (Å²) in [5, 5.41) is 4.97. The van der Waals surface area contributed by atoms with Crippen molar-refractivity contribution in [2.45, 2.75) is 32.2 Å². The van der Waals surface area contributed by atoms with Gasteiger partial charge in [0.1, 0.15) is 0 Å². The number of anilines is 2. The van der Waals surface area contributed by atoms with Gasteiger partial charge >= 0.3 is 0 Å². The van der Waals surface area contributed by atoms with Crippen molar-refractivity contribution in [3.8, 4) is 0 Å². The number of aryl methyl sites for hydroxylation is 1. The van der Waals surface area contributed by atoms with Gasteiger partial charge in [-0.2, -0.15) is 0 Å². The molecule has 0 aliphatic carbocycles. The van der Waals surface area contributed by atoms with Crippen molar-refractivity contribution in [3.05, 3.63) is 82.6 Å². The highest BCUT2D eigenvalue weighted by Gasteiger charge is 2.47. The number of carbonyl (C=O) groups is 3. The second kappa shape index (κ2) is 10.0. The highest BCUT2D eigenvalue weighted by atomic mass is 32.1. The Balaban J connectivity index is 1.29. The maximum Gasteiger partial charge on any atom is 0.228 e. The van der Waals surface area contributed by atoms with Crippen LogP contribution in [0, 0.1) is 18.8 Å². The van der Waals surface area contributed by atoms with Gasteiger partial charge in [-0.3, -0.25) is 14.4 Å². The summed E-state index contributed by atoms with van der Waals surface area (Å²) in [6.07, 6.45) is 1.44. The van der Waals surface area contributed by atoms with Gasteiger partial charge in [0.25, 0.3) is 0 Å². The molecule has 2 aliphatic heterocycles. The standard InChI is InChI=1S/C28H29N3O3S/c1-19-9-11-22(12-10-19)31-25(32)18-23(26(31)24-8-5-17-35-24)28(34)30-15-13-20(14-16-30)27(33)29-21-6-3-2-4-7-21/h2-12,17,20,23,26H,13-16,18H2,1H3,(H,29,33)/t23-,26+/m1/s1. The smallest absolute Gasteiger partial charge is 0.228 e. The van der Waals surface area contributed by atoms with Crippen LogP contribution in [0.1, 0.15) is 35.7 Å². The highest BCUT2D eigenvalue weighted by Crippen LogP contribution is 2.44. The molecule has 3 aromatic rings. The van der Waals surface area contributed by atoms with Gasteiger partial charge in [0.2, 0.25) is 17.7 Å². The predicted octanol–water partition coefficient (Wildman–Crippen LogP) is 5.03. The van der Waals surface area contributed by atoms with Gasteiger partial charge in [0, 0.05) is 41.7 Å². The highest BCUT2D eigenvalue weighted by molar-refractivity contribution is 7.10. The van der Waals surface area contributed by atoms with E-state index in [2.05, 4.69) is 5.32 Å². The molecular weight excluding hydrogens is 458 g/mol. The van der Waals surface area contributed by atoms with E-state index in [0.29, 0.717) is 25.9 Å². The quantitative estimate of drug-likeness (QED) is 0.549. The molecule has 0 spiro atoms. The number of hydrogen-bond acceptors (Lipinski definition) is 4. The van der Waals surface area contributed by atoms with Gasteiger partial charge in [-0.15, -0.1) is 11.3 Å². The van der Waals surface area contributed by atoms with Crippen molar-refractivity contribution < 1.29 is 14.4 Å². The van der Waals surface area contributed by atoms with Crippen LogP contribution in [-0.4, -0.2) is 35.7 Å². The molecule has 0 unspecified atom stereocenters. The Morgan fingerprint density at radius 2 is 1.66 bits per heavy atom. The van der Waals surface area contributed by atoms with Crippen LogP contribution in [0.25, 0.3) is 0 Å². The molecule has 3 amide bonds. The monoisotopic (exact) mass is 487 g/mol. The molecule has 180 valence electrons. The van der Waals surface area contributed by atoms with Crippen LogP contribution in [0.5, 0.6) is 0 Å². The van der Waals surface area contributed by atoms with Gasteiger partial charge in [0.05, 0.1) is 12.0 Å². The summed E-state index contributed by atoms with van der Waals surface area (Å²) in [5.74, 6) is -0.573. The maximum atomic E-state index is 13.7. The van der Waals surface area contributed by atoms with Crippen molar-refractivity contribution in [2.24, 2.45) is 11.8 Å². The third kappa shape index (κ3) is 4.86. The van der Waals surface area contributed by atoms with Crippen LogP contribution in [0.15, 0.2) is 72.1 Å². The van der Waals surface area contributed by atoms with Crippen LogP contribution >= 0.6 is 11.3 Å². The summed E-state index contributed by atoms with van der Waals surface area (Å²) < 4.78 is 0. The Morgan fingerprint density at radius 3 is 2.31 bits per heavy atom. The van der Waals surface area contributed by atoms with Gasteiger partial charge in [-0.05, 0) is 55.5 Å². The number of amides is 3. The number of hydrogen-bond donors (Lipinski definition) is 1. The topological polar surface area (TPSA) is 69.7 Å². The molecule has 35 heavy (non-hydrogen) atoms. The summed E-state index contributed by atoms with van der Waals surface area (Å²) >= 11 is 1.58. The second-order valence-electron chi connectivity index (χ2n) is 9.32. The minimum absolute atomic E-state index is 0.00125. The number of nitrogens with one attached hydrogen (secondary N) is 1. The lowest BCUT2D eigenvalue weighted by molar-refractivity contribution is -0.139. The van der Waals surface area contributed by atoms with Crippen LogP contribution in [0.2, 0.25) is 0 Å². The van der Waals surface area contributed by atoms with Gasteiger partial charge < -0.3 is 15.1 Å². The van der Waals surface area contributed by atoms with E-state index in [-0.39, 0.29) is 36.1 Å². The molecule has 0 radical (unpaired) electrons. The Kier molecular flexibility index (Phi) is 6.68. The Hall–Kier alpha value is -3.45. The number of rotatable bonds is 5. The number of para-hydroxylation sites is 1. The van der Waals surface area contributed by atoms with Crippen LogP contribution in [-0.2, 0) is 14.4 Å². The first-order valence-electron chi connectivity index (χ1n) is 12.1. The van der Waals surface area contributed by atoms with Crippen molar-refractivity contribution in [3.63, 3.8) is 0 Å². The first kappa shape index (κ1) is 23.3. The molecule has 2 atom stereocenters. The van der Waals surface area contributed by atoms with Crippen molar-refractivity contribution in [1.29, 1.82) is 0 Å². The number of piperidine rings is 1. The minimum Gasteiger partial charge on any atom is -0.342 e. The van der Waals surface area contributed by atoms with E-state index in [1.165, 1.54) is 0 Å². The molecular formula is C28H29N3O3S. The van der Waals surface area contributed by atoms with Crippen molar-refractivity contribution >= 4 is 40.4 Å². The zero-order chi connectivity index (χ0) is 24.4. The Morgan fingerprint density at radius 1 is 0.943 bits per heavy atom. The van der Waals surface area contributed by atoms with Crippen LogP contribution in [0.4, 0.5) is 11.4 Å². The fraction of sp³-hybridized carbons (Fsp3) is 0.321. The molecule has 0 bridgehead atoms. The third-order valence-corrected chi connectivity index (χ3v) is 7.95. The molecule has 2 saturated heterocycles. The fourth-order valence-corrected chi connectivity index (χ4v) is 5.99. The molecule has 5 rings (SSSR count). The lowest BCUT2D eigenvalue weighted by Gasteiger charge is -2.35. The molecule has 6 nitrogen and oxygen atoms in total. The number of thiophene rings is 1. The lowest BCUT2D eigenvalue weighted by Crippen LogP contribution is -2.45. The first-order chi connectivity index (χ1) is 17.0. The number of likely N-dealkylation sites (tertiary alicyclic amines) is 1. The summed E-state index contributed by atoms with van der Waals surface area (Å²) in [4.78, 5) is 44.3. The molecule has 2 aromatic carbocycles. The first-order valence-corrected chi connectivity index (χ1v) is 13.0. The van der Waals surface area contributed by atoms with E-state index in [1.807, 2.05) is 83.9 Å². The number of benzene rings is 2. The molecule has 1 aromatic heterocycles. The minimum atomic E-state index is -0.433. The Labute approximate surface area is 209 Å². The number of nitrogens with zero attached hydrogens (tertiary/aromatic N) is 2. The largest absolute Gasteiger partial charge is 0.342 e. The zero-order valence-electron chi connectivity index (χ0n) is 19.7. The normalized spacial score (nSPS) is 20.8. The van der Waals surface area contributed by atoms with Crippen molar-refractivity contribution in [2.75, 3.05) is 23.3 Å². The predicted molar refractivity (Wildman–Crippen MR) is 138 cm³/mol. The van der Waals surface area contributed by atoms with Crippen LogP contribution in [0.3, 0.4) is 0 Å². The van der Waals surface area contributed by atoms with Gasteiger partial charge in [-0.25, -0.2) is 0 Å². The second-order valence-corrected chi connectivity index (χ2v) is 10.3. The van der Waals surface area contributed by atoms with Gasteiger partial charge in [-0.1, -0.05) is 42.0 Å². The summed E-state index contributed by atoms with van der Waals surface area (Å²) in [7, 11) is 0. The van der Waals surface area contributed by atoms with E-state index in [9.17, 15) is 14.4 Å². The summed E-state index contributed by atoms with van der Waals surface area (Å²) in [5.41, 5.74) is 2.74. The third-order valence-electron chi connectivity index (χ3n) is 7.01. The molecule has 0 saturated carbocycles. The molecule has 7 heteroatoms. The van der Waals surface area contributed by atoms with E-state index < -0.39 is 5.92 Å². The fourth-order valence-electron chi connectivity index (χ4n) is 5.11. The van der Waals surface area contributed by atoms with E-state index in [4.69, 9.17) is 0 Å². The average molecular weight is 488 g/mol. The zero-order valence-corrected chi connectivity index (χ0v) is 20.5. The molecule has 1 N–H and O–H groups in total. The molecule has 2 fully saturated rings. The molecule has 2 aliphatic rings. The summed E-state index contributed by atoms with van der Waals surface area (Å²) in [6, 6.07) is 21.0. The van der Waals surface area contributed by atoms with E-state index >= 15 is 0 Å². The average Bonchev–Trinajstić information content (AvgIpc) is 3.53. The van der Waals surface area contributed by atoms with E-state index in [0.717, 1.165) is 21.8 Å². The van der Waals surface area contributed by atoms with E-state index in [1.54, 1.807) is 16.2 Å².